The Balaban J connectivity index is 2.69. The fourth-order valence-electron chi connectivity index (χ4n) is 0.614. The summed E-state index contributed by atoms with van der Waals surface area (Å²) in [6, 6.07) is 4.32. The van der Waals surface area contributed by atoms with Crippen LogP contribution in [0.5, 0.6) is 0 Å². The molecule has 0 unspecified atom stereocenters. The van der Waals surface area contributed by atoms with Gasteiger partial charge in [-0.1, -0.05) is 17.7 Å². The fraction of sp³-hybridized carbons (Fsp3) is 0. The van der Waals surface area contributed by atoms with Crippen molar-refractivity contribution in [3.8, 4) is 0 Å². The minimum Gasteiger partial charge on any atom is -0.346 e. The summed E-state index contributed by atoms with van der Waals surface area (Å²) in [5, 5.41) is 0. The Labute approximate surface area is 82.6 Å². The van der Waals surface area contributed by atoms with Gasteiger partial charge in [0.2, 0.25) is 0 Å². The van der Waals surface area contributed by atoms with Crippen LogP contribution in [0, 0.1) is 0 Å². The molecule has 1 rings (SSSR count). The maximum absolute atomic E-state index is 11.0. The third-order valence-electron chi connectivity index (χ3n) is 1.07. The number of rotatable bonds is 2. The van der Waals surface area contributed by atoms with E-state index < -0.39 is 11.7 Å². The summed E-state index contributed by atoms with van der Waals surface area (Å²) in [6.07, 6.45) is 0.292. The van der Waals surface area contributed by atoms with Crippen LogP contribution in [-0.4, -0.2) is 10.9 Å². The second kappa shape index (κ2) is 4.83. The molecule has 1 aromatic heterocycles. The van der Waals surface area contributed by atoms with E-state index in [0.717, 1.165) is 4.73 Å². The van der Waals surface area contributed by atoms with Crippen molar-refractivity contribution in [3.05, 3.63) is 34.7 Å². The number of hydrogen-bond acceptors (Lipinski definition) is 6. The summed E-state index contributed by atoms with van der Waals surface area (Å²) in [5.41, 5.74) is -0.455. The first-order valence-corrected chi connectivity index (χ1v) is 4.91. The van der Waals surface area contributed by atoms with Gasteiger partial charge in [0.1, 0.15) is 11.1 Å². The summed E-state index contributed by atoms with van der Waals surface area (Å²) in [4.78, 5) is 26.1. The molecule has 13 heavy (non-hydrogen) atoms. The molecule has 0 aliphatic carbocycles. The molecule has 0 aliphatic heterocycles. The normalized spacial score (nSPS) is 9.31. The van der Waals surface area contributed by atoms with Crippen molar-refractivity contribution in [1.82, 2.24) is 4.73 Å². The van der Waals surface area contributed by atoms with Crippen LogP contribution in [0.2, 0.25) is 0 Å². The predicted molar refractivity (Wildman–Crippen MR) is 50.3 cm³/mol. The number of thiol groups is 1. The van der Waals surface area contributed by atoms with Gasteiger partial charge in [-0.25, -0.2) is 4.79 Å². The van der Waals surface area contributed by atoms with Gasteiger partial charge in [-0.15, -0.1) is 4.73 Å². The van der Waals surface area contributed by atoms with Crippen LogP contribution in [0.1, 0.15) is 0 Å². The molecular weight excluding hydrogens is 214 g/mol. The third kappa shape index (κ3) is 3.03. The van der Waals surface area contributed by atoms with E-state index in [-0.39, 0.29) is 0 Å². The van der Waals surface area contributed by atoms with Crippen LogP contribution in [0.4, 0.5) is 4.79 Å². The quantitative estimate of drug-likeness (QED) is 0.455. The highest BCUT2D eigenvalue weighted by Gasteiger charge is 2.05. The Kier molecular flexibility index (Phi) is 3.71. The minimum absolute atomic E-state index is 0.455. The van der Waals surface area contributed by atoms with Crippen molar-refractivity contribution < 1.29 is 13.8 Å². The van der Waals surface area contributed by atoms with Crippen molar-refractivity contribution in [2.24, 2.45) is 0 Å². The minimum atomic E-state index is -1.01. The summed E-state index contributed by atoms with van der Waals surface area (Å²) < 4.78 is 5.02. The van der Waals surface area contributed by atoms with E-state index >= 15 is 0 Å². The second-order valence-corrected chi connectivity index (χ2v) is 2.63. The predicted octanol–water partition coefficient (Wildman–Crippen LogP) is 0.906. The van der Waals surface area contributed by atoms with Crippen LogP contribution in [0.15, 0.2) is 29.2 Å². The Morgan fingerprint density at radius 2 is 2.31 bits per heavy atom. The van der Waals surface area contributed by atoms with Crippen molar-refractivity contribution in [2.45, 2.75) is 0 Å². The number of pyridine rings is 1. The smallest absolute Gasteiger partial charge is 0.346 e. The molecule has 0 amide bonds. The summed E-state index contributed by atoms with van der Waals surface area (Å²) >= 11 is 4.10. The van der Waals surface area contributed by atoms with E-state index in [1.54, 1.807) is 6.07 Å². The maximum atomic E-state index is 11.0. The number of nitrogens with zero attached hydrogens (tertiary/aromatic N) is 1. The van der Waals surface area contributed by atoms with E-state index in [9.17, 15) is 9.59 Å². The lowest BCUT2D eigenvalue weighted by Gasteiger charge is -2.02. The molecule has 0 N–H and O–H groups in total. The molecule has 0 atom stereocenters. The average Bonchev–Trinajstić information content (AvgIpc) is 2.09. The molecule has 5 nitrogen and oxygen atoms in total. The fourth-order valence-corrected chi connectivity index (χ4v) is 0.888. The molecule has 0 fully saturated rings. The van der Waals surface area contributed by atoms with Gasteiger partial charge < -0.3 is 4.18 Å². The highest BCUT2D eigenvalue weighted by atomic mass is 33.1. The van der Waals surface area contributed by atoms with Gasteiger partial charge in [0.15, 0.2) is 0 Å². The molecule has 1 heterocycles. The van der Waals surface area contributed by atoms with E-state index in [2.05, 4.69) is 20.7 Å². The Morgan fingerprint density at radius 1 is 1.54 bits per heavy atom. The summed E-state index contributed by atoms with van der Waals surface area (Å²) in [5.74, 6) is 0. The molecule has 0 radical (unpaired) electrons. The van der Waals surface area contributed by atoms with Crippen LogP contribution in [0.25, 0.3) is 0 Å². The van der Waals surface area contributed by atoms with Crippen LogP contribution >= 0.6 is 22.7 Å². The lowest BCUT2D eigenvalue weighted by Crippen LogP contribution is -2.28. The second-order valence-electron chi connectivity index (χ2n) is 1.86. The lowest BCUT2D eigenvalue weighted by atomic mass is 10.5. The molecule has 0 saturated heterocycles. The lowest BCUT2D eigenvalue weighted by molar-refractivity contribution is 0.0918. The molecule has 0 bridgehead atoms. The maximum Gasteiger partial charge on any atom is 0.547 e. The van der Waals surface area contributed by atoms with Crippen molar-refractivity contribution in [2.75, 3.05) is 0 Å². The van der Waals surface area contributed by atoms with Gasteiger partial charge >= 0.3 is 6.16 Å². The number of hydrogen-bond donors (Lipinski definition) is 1. The first-order chi connectivity index (χ1) is 6.24. The Morgan fingerprint density at radius 3 is 2.92 bits per heavy atom. The zero-order chi connectivity index (χ0) is 9.68. The van der Waals surface area contributed by atoms with Gasteiger partial charge in [-0.05, 0) is 6.07 Å². The monoisotopic (exact) mass is 219 g/mol. The highest BCUT2D eigenvalue weighted by Crippen LogP contribution is 2.06. The molecule has 0 aliphatic rings. The zero-order valence-electron chi connectivity index (χ0n) is 6.25. The van der Waals surface area contributed by atoms with E-state index in [0.29, 0.717) is 11.1 Å². The number of carbonyl (C=O) groups is 1. The molecule has 0 saturated carbocycles. The topological polar surface area (TPSA) is 57.5 Å². The van der Waals surface area contributed by atoms with Crippen LogP contribution < -0.4 is 10.4 Å². The number of aromatic nitrogens is 1. The standard InChI is InChI=1S/C6H5NO4S2/c8-5-3-1-2-4-7(5)10-6(9)11-13-12/h1-4,12H. The average molecular weight is 219 g/mol. The molecule has 0 aromatic carbocycles. The van der Waals surface area contributed by atoms with Crippen molar-refractivity contribution in [3.63, 3.8) is 0 Å². The molecular formula is C6H5NO4S2. The van der Waals surface area contributed by atoms with Crippen LogP contribution in [-0.2, 0) is 4.18 Å². The molecule has 7 heteroatoms. The highest BCUT2D eigenvalue weighted by molar-refractivity contribution is 8.66. The van der Waals surface area contributed by atoms with Crippen LogP contribution in [0.3, 0.4) is 0 Å². The van der Waals surface area contributed by atoms with E-state index in [1.165, 1.54) is 18.3 Å². The van der Waals surface area contributed by atoms with E-state index in [1.807, 2.05) is 0 Å². The van der Waals surface area contributed by atoms with Crippen molar-refractivity contribution in [1.29, 1.82) is 0 Å². The summed E-state index contributed by atoms with van der Waals surface area (Å²) in [6.45, 7) is 0. The molecule has 0 spiro atoms. The largest absolute Gasteiger partial charge is 0.547 e. The summed E-state index contributed by atoms with van der Waals surface area (Å²) in [7, 11) is 0. The van der Waals surface area contributed by atoms with Gasteiger partial charge in [-0.2, -0.15) is 0 Å². The van der Waals surface area contributed by atoms with Gasteiger partial charge in [0.05, 0.1) is 0 Å². The first-order valence-electron chi connectivity index (χ1n) is 3.12. The van der Waals surface area contributed by atoms with E-state index in [4.69, 9.17) is 0 Å². The van der Waals surface area contributed by atoms with Crippen molar-refractivity contribution >= 4 is 28.9 Å². The Hall–Kier alpha value is -1.08. The zero-order valence-corrected chi connectivity index (χ0v) is 7.96. The molecule has 1 aromatic rings. The van der Waals surface area contributed by atoms with Gasteiger partial charge in [-0.3, -0.25) is 9.63 Å². The van der Waals surface area contributed by atoms with Gasteiger partial charge in [0.25, 0.3) is 5.56 Å². The third-order valence-corrected chi connectivity index (χ3v) is 1.50. The SMILES string of the molecule is O=C(OSS)On1ccccc1=O. The van der Waals surface area contributed by atoms with Gasteiger partial charge in [0, 0.05) is 12.3 Å². The first kappa shape index (κ1) is 10.0. The molecule has 70 valence electrons. The Bertz CT molecular complexity index is 350. The number of carbonyl (C=O) groups excluding carboxylic acids is 1.